The van der Waals surface area contributed by atoms with Gasteiger partial charge in [-0.25, -0.2) is 9.97 Å². The molecule has 3 rings (SSSR count). The highest BCUT2D eigenvalue weighted by Crippen LogP contribution is 2.34. The zero-order valence-electron chi connectivity index (χ0n) is 11.3. The Morgan fingerprint density at radius 1 is 1.14 bits per heavy atom. The summed E-state index contributed by atoms with van der Waals surface area (Å²) in [7, 11) is 0. The van der Waals surface area contributed by atoms with Crippen LogP contribution in [0.5, 0.6) is 0 Å². The molecule has 1 aromatic heterocycles. The molecular weight excluding hydrogens is 308 g/mol. The maximum Gasteiger partial charge on any atom is 0.156 e. The third kappa shape index (κ3) is 3.40. The second kappa shape index (κ2) is 6.51. The van der Waals surface area contributed by atoms with Crippen LogP contribution in [0.2, 0.25) is 5.02 Å². The molecular formula is C14H15ClN4OS. The van der Waals surface area contributed by atoms with E-state index in [9.17, 15) is 0 Å². The fourth-order valence-corrected chi connectivity index (χ4v) is 3.02. The van der Waals surface area contributed by atoms with Crippen molar-refractivity contribution in [2.45, 2.75) is 9.92 Å². The first kappa shape index (κ1) is 14.4. The molecule has 5 nitrogen and oxygen atoms in total. The fourth-order valence-electron chi connectivity index (χ4n) is 2.09. The average molecular weight is 323 g/mol. The number of rotatable bonds is 3. The van der Waals surface area contributed by atoms with Gasteiger partial charge >= 0.3 is 0 Å². The highest BCUT2D eigenvalue weighted by atomic mass is 35.5. The van der Waals surface area contributed by atoms with Crippen molar-refractivity contribution in [1.29, 1.82) is 0 Å². The van der Waals surface area contributed by atoms with E-state index in [0.717, 1.165) is 28.8 Å². The lowest BCUT2D eigenvalue weighted by atomic mass is 10.3. The van der Waals surface area contributed by atoms with Crippen molar-refractivity contribution >= 4 is 34.9 Å². The van der Waals surface area contributed by atoms with E-state index in [2.05, 4.69) is 14.9 Å². The Balaban J connectivity index is 1.84. The Hall–Kier alpha value is -1.50. The molecule has 7 heteroatoms. The number of hydrogen-bond donors (Lipinski definition) is 1. The maximum absolute atomic E-state index is 6.24. The normalized spacial score (nSPS) is 15.2. The SMILES string of the molecule is Nc1c(Sc2ccc(Cl)cc2)ncnc1N1CCOCC1. The molecule has 1 aromatic carbocycles. The van der Waals surface area contributed by atoms with Crippen LogP contribution in [0.3, 0.4) is 0 Å². The summed E-state index contributed by atoms with van der Waals surface area (Å²) in [6.07, 6.45) is 1.55. The van der Waals surface area contributed by atoms with Crippen molar-refractivity contribution in [2.75, 3.05) is 36.9 Å². The number of ether oxygens (including phenoxy) is 1. The molecule has 0 bridgehead atoms. The minimum atomic E-state index is 0.611. The second-order valence-corrected chi connectivity index (χ2v) is 6.07. The third-order valence-corrected chi connectivity index (χ3v) is 4.44. The van der Waals surface area contributed by atoms with Gasteiger partial charge in [0, 0.05) is 23.0 Å². The molecule has 110 valence electrons. The van der Waals surface area contributed by atoms with Crippen LogP contribution in [-0.2, 0) is 4.74 Å². The Morgan fingerprint density at radius 3 is 2.57 bits per heavy atom. The lowest BCUT2D eigenvalue weighted by Gasteiger charge is -2.28. The van der Waals surface area contributed by atoms with Gasteiger partial charge in [-0.3, -0.25) is 0 Å². The van der Waals surface area contributed by atoms with Gasteiger partial charge in [0.25, 0.3) is 0 Å². The predicted octanol–water partition coefficient (Wildman–Crippen LogP) is 2.70. The predicted molar refractivity (Wildman–Crippen MR) is 85.1 cm³/mol. The minimum Gasteiger partial charge on any atom is -0.394 e. The molecule has 2 aromatic rings. The van der Waals surface area contributed by atoms with Gasteiger partial charge in [-0.15, -0.1) is 0 Å². The quantitative estimate of drug-likeness (QED) is 0.877. The summed E-state index contributed by atoms with van der Waals surface area (Å²) in [5, 5.41) is 1.47. The molecule has 2 N–H and O–H groups in total. The summed E-state index contributed by atoms with van der Waals surface area (Å²) in [5.74, 6) is 0.782. The molecule has 1 saturated heterocycles. The van der Waals surface area contributed by atoms with Gasteiger partial charge in [0.2, 0.25) is 0 Å². The number of morpholine rings is 1. The summed E-state index contributed by atoms with van der Waals surface area (Å²) in [6.45, 7) is 2.99. The number of aromatic nitrogens is 2. The molecule has 0 amide bonds. The molecule has 2 heterocycles. The van der Waals surface area contributed by atoms with Crippen molar-refractivity contribution < 1.29 is 4.74 Å². The van der Waals surface area contributed by atoms with Gasteiger partial charge in [0.05, 0.1) is 13.2 Å². The van der Waals surface area contributed by atoms with Crippen LogP contribution in [-0.4, -0.2) is 36.3 Å². The zero-order valence-corrected chi connectivity index (χ0v) is 12.9. The lowest BCUT2D eigenvalue weighted by Crippen LogP contribution is -2.37. The van der Waals surface area contributed by atoms with E-state index in [4.69, 9.17) is 22.1 Å². The van der Waals surface area contributed by atoms with Crippen LogP contribution in [0.25, 0.3) is 0 Å². The standard InChI is InChI=1S/C14H15ClN4OS/c15-10-1-3-11(4-2-10)21-14-12(16)13(17-9-18-14)19-5-7-20-8-6-19/h1-4,9H,5-8,16H2. The van der Waals surface area contributed by atoms with Crippen LogP contribution < -0.4 is 10.6 Å². The summed E-state index contributed by atoms with van der Waals surface area (Å²) >= 11 is 7.40. The van der Waals surface area contributed by atoms with Gasteiger partial charge in [0.1, 0.15) is 17.0 Å². The Kier molecular flexibility index (Phi) is 4.48. The van der Waals surface area contributed by atoms with Crippen LogP contribution >= 0.6 is 23.4 Å². The zero-order chi connectivity index (χ0) is 14.7. The Bertz CT molecular complexity index is 617. The summed E-state index contributed by atoms with van der Waals surface area (Å²) < 4.78 is 5.35. The lowest BCUT2D eigenvalue weighted by molar-refractivity contribution is 0.122. The molecule has 0 aliphatic carbocycles. The van der Waals surface area contributed by atoms with Crippen molar-refractivity contribution in [3.8, 4) is 0 Å². The third-order valence-electron chi connectivity index (χ3n) is 3.17. The molecule has 1 fully saturated rings. The van der Waals surface area contributed by atoms with E-state index in [1.165, 1.54) is 11.8 Å². The summed E-state index contributed by atoms with van der Waals surface area (Å²) in [4.78, 5) is 11.8. The van der Waals surface area contributed by atoms with E-state index in [-0.39, 0.29) is 0 Å². The molecule has 1 aliphatic rings. The minimum absolute atomic E-state index is 0.611. The van der Waals surface area contributed by atoms with Gasteiger partial charge in [-0.05, 0) is 24.3 Å². The number of nitrogens with zero attached hydrogens (tertiary/aromatic N) is 3. The van der Waals surface area contributed by atoms with Crippen molar-refractivity contribution in [1.82, 2.24) is 9.97 Å². The van der Waals surface area contributed by atoms with E-state index in [1.807, 2.05) is 24.3 Å². The highest BCUT2D eigenvalue weighted by molar-refractivity contribution is 7.99. The highest BCUT2D eigenvalue weighted by Gasteiger charge is 2.18. The average Bonchev–Trinajstić information content (AvgIpc) is 2.52. The molecule has 0 atom stereocenters. The molecule has 0 unspecified atom stereocenters. The smallest absolute Gasteiger partial charge is 0.156 e. The van der Waals surface area contributed by atoms with Gasteiger partial charge in [-0.2, -0.15) is 0 Å². The number of nitrogens with two attached hydrogens (primary N) is 1. The van der Waals surface area contributed by atoms with Crippen molar-refractivity contribution in [2.24, 2.45) is 0 Å². The first-order chi connectivity index (χ1) is 10.2. The molecule has 0 saturated carbocycles. The van der Waals surface area contributed by atoms with Crippen molar-refractivity contribution in [3.05, 3.63) is 35.6 Å². The van der Waals surface area contributed by atoms with Gasteiger partial charge in [-0.1, -0.05) is 23.4 Å². The van der Waals surface area contributed by atoms with Crippen LogP contribution in [0.15, 0.2) is 40.5 Å². The van der Waals surface area contributed by atoms with Crippen molar-refractivity contribution in [3.63, 3.8) is 0 Å². The molecule has 0 spiro atoms. The van der Waals surface area contributed by atoms with Crippen LogP contribution in [0.1, 0.15) is 0 Å². The Labute approximate surface area is 132 Å². The Morgan fingerprint density at radius 2 is 1.86 bits per heavy atom. The van der Waals surface area contributed by atoms with E-state index in [0.29, 0.717) is 23.9 Å². The number of anilines is 2. The second-order valence-electron chi connectivity index (χ2n) is 4.57. The van der Waals surface area contributed by atoms with Gasteiger partial charge < -0.3 is 15.4 Å². The van der Waals surface area contributed by atoms with Gasteiger partial charge in [0.15, 0.2) is 5.82 Å². The molecule has 21 heavy (non-hydrogen) atoms. The maximum atomic E-state index is 6.24. The summed E-state index contributed by atoms with van der Waals surface area (Å²) in [5.41, 5.74) is 6.85. The number of halogens is 1. The van der Waals surface area contributed by atoms with E-state index < -0.39 is 0 Å². The largest absolute Gasteiger partial charge is 0.394 e. The topological polar surface area (TPSA) is 64.3 Å². The number of nitrogen functional groups attached to an aromatic ring is 1. The number of hydrogen-bond acceptors (Lipinski definition) is 6. The fraction of sp³-hybridized carbons (Fsp3) is 0.286. The summed E-state index contributed by atoms with van der Waals surface area (Å²) in [6, 6.07) is 7.60. The molecule has 1 aliphatic heterocycles. The number of benzene rings is 1. The first-order valence-corrected chi connectivity index (χ1v) is 7.80. The van der Waals surface area contributed by atoms with Crippen LogP contribution in [0, 0.1) is 0 Å². The monoisotopic (exact) mass is 322 g/mol. The van der Waals surface area contributed by atoms with Crippen LogP contribution in [0.4, 0.5) is 11.5 Å². The molecule has 0 radical (unpaired) electrons. The first-order valence-electron chi connectivity index (χ1n) is 6.60. The van der Waals surface area contributed by atoms with E-state index >= 15 is 0 Å². The van der Waals surface area contributed by atoms with E-state index in [1.54, 1.807) is 6.33 Å².